The van der Waals surface area contributed by atoms with Crippen molar-refractivity contribution in [3.05, 3.63) is 29.8 Å². The van der Waals surface area contributed by atoms with Crippen molar-refractivity contribution in [2.45, 2.75) is 38.6 Å². The van der Waals surface area contributed by atoms with Crippen LogP contribution in [0.1, 0.15) is 44.3 Å². The zero-order chi connectivity index (χ0) is 13.0. The zero-order valence-electron chi connectivity index (χ0n) is 10.8. The summed E-state index contributed by atoms with van der Waals surface area (Å²) in [4.78, 5) is 4.13. The molecule has 0 saturated heterocycles. The van der Waals surface area contributed by atoms with E-state index in [1.165, 1.54) is 25.1 Å². The van der Waals surface area contributed by atoms with Crippen molar-refractivity contribution in [2.75, 3.05) is 13.2 Å². The predicted molar refractivity (Wildman–Crippen MR) is 68.6 cm³/mol. The Bertz CT molecular complexity index is 376. The van der Waals surface area contributed by atoms with E-state index in [-0.39, 0.29) is 18.5 Å². The highest BCUT2D eigenvalue weighted by atomic mass is 19.1. The van der Waals surface area contributed by atoms with Crippen LogP contribution in [0.2, 0.25) is 0 Å². The number of pyridine rings is 1. The van der Waals surface area contributed by atoms with Crippen molar-refractivity contribution in [1.82, 2.24) is 10.3 Å². The van der Waals surface area contributed by atoms with Crippen molar-refractivity contribution < 1.29 is 9.50 Å². The molecular formula is C14H21FN2O. The van der Waals surface area contributed by atoms with Gasteiger partial charge in [0, 0.05) is 19.2 Å². The summed E-state index contributed by atoms with van der Waals surface area (Å²) in [7, 11) is 0. The third kappa shape index (κ3) is 3.27. The Labute approximate surface area is 107 Å². The molecule has 1 heterocycles. The van der Waals surface area contributed by atoms with Gasteiger partial charge in [0.1, 0.15) is 5.82 Å². The summed E-state index contributed by atoms with van der Waals surface area (Å²) in [6, 6.07) is 3.36. The highest BCUT2D eigenvalue weighted by Gasteiger charge is 2.41. The maximum atomic E-state index is 12.8. The molecule has 1 saturated carbocycles. The van der Waals surface area contributed by atoms with Gasteiger partial charge in [-0.2, -0.15) is 0 Å². The lowest BCUT2D eigenvalue weighted by Crippen LogP contribution is -2.29. The molecule has 1 aliphatic carbocycles. The molecule has 2 rings (SSSR count). The zero-order valence-corrected chi connectivity index (χ0v) is 10.8. The number of aliphatic hydroxyl groups is 1. The predicted octanol–water partition coefficient (Wildman–Crippen LogP) is 2.42. The number of rotatable bonds is 7. The Balaban J connectivity index is 1.91. The molecule has 3 nitrogen and oxygen atoms in total. The first-order chi connectivity index (χ1) is 8.69. The Kier molecular flexibility index (Phi) is 4.30. The third-order valence-electron chi connectivity index (χ3n) is 3.84. The first-order valence-corrected chi connectivity index (χ1v) is 6.65. The molecule has 18 heavy (non-hydrogen) atoms. The lowest BCUT2D eigenvalue weighted by molar-refractivity contribution is 0.241. The maximum Gasteiger partial charge on any atom is 0.141 e. The van der Waals surface area contributed by atoms with Crippen LogP contribution in [-0.4, -0.2) is 23.2 Å². The molecule has 0 aromatic carbocycles. The van der Waals surface area contributed by atoms with Gasteiger partial charge in [0.05, 0.1) is 11.9 Å². The number of nitrogens with one attached hydrogen (secondary N) is 1. The van der Waals surface area contributed by atoms with E-state index in [1.54, 1.807) is 6.07 Å². The number of halogens is 1. The SMILES string of the molecule is CCC(NCC1(CCO)CC1)c1ccc(F)cn1. The van der Waals surface area contributed by atoms with Crippen molar-refractivity contribution in [2.24, 2.45) is 5.41 Å². The number of nitrogens with zero attached hydrogens (tertiary/aromatic N) is 1. The fourth-order valence-corrected chi connectivity index (χ4v) is 2.32. The quantitative estimate of drug-likeness (QED) is 0.783. The molecule has 1 unspecified atom stereocenters. The van der Waals surface area contributed by atoms with E-state index in [0.29, 0.717) is 5.41 Å². The van der Waals surface area contributed by atoms with Gasteiger partial charge >= 0.3 is 0 Å². The first kappa shape index (κ1) is 13.4. The Morgan fingerprint density at radius 1 is 1.50 bits per heavy atom. The smallest absolute Gasteiger partial charge is 0.141 e. The molecule has 0 radical (unpaired) electrons. The molecule has 0 bridgehead atoms. The van der Waals surface area contributed by atoms with Crippen LogP contribution in [0.3, 0.4) is 0 Å². The highest BCUT2D eigenvalue weighted by Crippen LogP contribution is 2.48. The van der Waals surface area contributed by atoms with Crippen LogP contribution in [0.25, 0.3) is 0 Å². The molecular weight excluding hydrogens is 231 g/mol. The van der Waals surface area contributed by atoms with Gasteiger partial charge in [-0.1, -0.05) is 6.92 Å². The second-order valence-corrected chi connectivity index (χ2v) is 5.22. The summed E-state index contributed by atoms with van der Waals surface area (Å²) in [6.07, 6.45) is 5.43. The van der Waals surface area contributed by atoms with Gasteiger partial charge < -0.3 is 10.4 Å². The lowest BCUT2D eigenvalue weighted by atomic mass is 10.0. The van der Waals surface area contributed by atoms with Gasteiger partial charge in [0.25, 0.3) is 0 Å². The van der Waals surface area contributed by atoms with Crippen LogP contribution < -0.4 is 5.32 Å². The van der Waals surface area contributed by atoms with Crippen molar-refractivity contribution >= 4 is 0 Å². The van der Waals surface area contributed by atoms with Gasteiger partial charge in [-0.05, 0) is 43.2 Å². The van der Waals surface area contributed by atoms with Gasteiger partial charge in [0.15, 0.2) is 0 Å². The monoisotopic (exact) mass is 252 g/mol. The van der Waals surface area contributed by atoms with Crippen LogP contribution in [-0.2, 0) is 0 Å². The van der Waals surface area contributed by atoms with E-state index in [0.717, 1.165) is 25.1 Å². The molecule has 4 heteroatoms. The van der Waals surface area contributed by atoms with Gasteiger partial charge in [-0.3, -0.25) is 4.98 Å². The minimum atomic E-state index is -0.299. The van der Waals surface area contributed by atoms with E-state index in [1.807, 2.05) is 0 Å². The average molecular weight is 252 g/mol. The third-order valence-corrected chi connectivity index (χ3v) is 3.84. The summed E-state index contributed by atoms with van der Waals surface area (Å²) in [6.45, 7) is 3.26. The molecule has 1 aromatic rings. The fraction of sp³-hybridized carbons (Fsp3) is 0.643. The molecule has 1 aromatic heterocycles. The summed E-state index contributed by atoms with van der Waals surface area (Å²) in [5.41, 5.74) is 1.18. The Morgan fingerprint density at radius 3 is 2.78 bits per heavy atom. The molecule has 0 spiro atoms. The van der Waals surface area contributed by atoms with Crippen molar-refractivity contribution in [3.8, 4) is 0 Å². The molecule has 0 amide bonds. The standard InChI is InChI=1S/C14H21FN2O/c1-2-12(13-4-3-11(15)9-16-13)17-10-14(5-6-14)7-8-18/h3-4,9,12,17-18H,2,5-8,10H2,1H3. The van der Waals surface area contributed by atoms with Crippen molar-refractivity contribution in [1.29, 1.82) is 0 Å². The van der Waals surface area contributed by atoms with E-state index >= 15 is 0 Å². The largest absolute Gasteiger partial charge is 0.396 e. The lowest BCUT2D eigenvalue weighted by Gasteiger charge is -2.21. The van der Waals surface area contributed by atoms with Crippen LogP contribution in [0.4, 0.5) is 4.39 Å². The van der Waals surface area contributed by atoms with Gasteiger partial charge in [0.2, 0.25) is 0 Å². The summed E-state index contributed by atoms with van der Waals surface area (Å²) in [5.74, 6) is -0.299. The van der Waals surface area contributed by atoms with Crippen molar-refractivity contribution in [3.63, 3.8) is 0 Å². The number of aliphatic hydroxyl groups excluding tert-OH is 1. The van der Waals surface area contributed by atoms with Crippen LogP contribution >= 0.6 is 0 Å². The number of hydrogen-bond acceptors (Lipinski definition) is 3. The van der Waals surface area contributed by atoms with Gasteiger partial charge in [-0.25, -0.2) is 4.39 Å². The molecule has 2 N–H and O–H groups in total. The second kappa shape index (κ2) is 5.76. The van der Waals surface area contributed by atoms with Crippen LogP contribution in [0.5, 0.6) is 0 Å². The average Bonchev–Trinajstić information content (AvgIpc) is 3.13. The van der Waals surface area contributed by atoms with E-state index in [9.17, 15) is 4.39 Å². The van der Waals surface area contributed by atoms with E-state index in [4.69, 9.17) is 5.11 Å². The Morgan fingerprint density at radius 2 is 2.28 bits per heavy atom. The van der Waals surface area contributed by atoms with E-state index < -0.39 is 0 Å². The van der Waals surface area contributed by atoms with E-state index in [2.05, 4.69) is 17.2 Å². The molecule has 100 valence electrons. The minimum Gasteiger partial charge on any atom is -0.396 e. The normalized spacial score (nSPS) is 18.6. The summed E-state index contributed by atoms with van der Waals surface area (Å²) >= 11 is 0. The molecule has 1 fully saturated rings. The first-order valence-electron chi connectivity index (χ1n) is 6.65. The number of aromatic nitrogens is 1. The topological polar surface area (TPSA) is 45.1 Å². The minimum absolute atomic E-state index is 0.168. The van der Waals surface area contributed by atoms with Gasteiger partial charge in [-0.15, -0.1) is 0 Å². The molecule has 1 atom stereocenters. The summed E-state index contributed by atoms with van der Waals surface area (Å²) in [5, 5.41) is 12.5. The molecule has 1 aliphatic rings. The highest BCUT2D eigenvalue weighted by molar-refractivity contribution is 5.10. The number of hydrogen-bond donors (Lipinski definition) is 2. The van der Waals surface area contributed by atoms with Crippen LogP contribution in [0.15, 0.2) is 18.3 Å². The fourth-order valence-electron chi connectivity index (χ4n) is 2.32. The summed E-state index contributed by atoms with van der Waals surface area (Å²) < 4.78 is 12.8. The van der Waals surface area contributed by atoms with Crippen LogP contribution in [0, 0.1) is 11.2 Å². The second-order valence-electron chi connectivity index (χ2n) is 5.22. The molecule has 0 aliphatic heterocycles. The maximum absolute atomic E-state index is 12.8. The Hall–Kier alpha value is -1.00.